The number of anilines is 1. The van der Waals surface area contributed by atoms with Crippen LogP contribution in [-0.2, 0) is 19.5 Å². The molecule has 5 heterocycles. The van der Waals surface area contributed by atoms with Crippen molar-refractivity contribution in [1.29, 1.82) is 0 Å². The van der Waals surface area contributed by atoms with Crippen LogP contribution >= 0.6 is 0 Å². The minimum absolute atomic E-state index is 0.0276. The average molecular weight is 508 g/mol. The number of carbonyl (C=O) groups excluding carboxylic acids is 2. The highest BCUT2D eigenvalue weighted by molar-refractivity contribution is 6.03. The summed E-state index contributed by atoms with van der Waals surface area (Å²) in [6, 6.07) is 20.7. The second-order valence-electron chi connectivity index (χ2n) is 10.7. The number of piperidine rings is 1. The van der Waals surface area contributed by atoms with Crippen LogP contribution in [0.2, 0.25) is 0 Å². The lowest BCUT2D eigenvalue weighted by Crippen LogP contribution is -2.50. The Kier molecular flexibility index (Phi) is 5.35. The molecule has 0 saturated carbocycles. The Labute approximate surface area is 219 Å². The molecule has 38 heavy (non-hydrogen) atoms. The number of benzene rings is 2. The number of fused-ring (bicyclic) bond motifs is 7. The number of carbonyl (C=O) groups is 2. The molecule has 7 rings (SSSR count). The van der Waals surface area contributed by atoms with Gasteiger partial charge in [-0.2, -0.15) is 0 Å². The van der Waals surface area contributed by atoms with E-state index in [9.17, 15) is 14.4 Å². The van der Waals surface area contributed by atoms with Gasteiger partial charge in [-0.25, -0.2) is 4.79 Å². The van der Waals surface area contributed by atoms with E-state index in [0.717, 1.165) is 29.7 Å². The van der Waals surface area contributed by atoms with Crippen molar-refractivity contribution in [2.45, 2.75) is 31.8 Å². The van der Waals surface area contributed by atoms with Crippen molar-refractivity contribution in [2.75, 3.05) is 25.0 Å². The topological polar surface area (TPSA) is 90.4 Å². The summed E-state index contributed by atoms with van der Waals surface area (Å²) in [6.45, 7) is 2.92. The summed E-state index contributed by atoms with van der Waals surface area (Å²) in [5.74, 6) is 0.287. The molecule has 8 nitrogen and oxygen atoms in total. The van der Waals surface area contributed by atoms with Crippen LogP contribution in [-0.4, -0.2) is 50.9 Å². The lowest BCUT2D eigenvalue weighted by molar-refractivity contribution is 0.0734. The highest BCUT2D eigenvalue weighted by Gasteiger charge is 2.36. The Morgan fingerprint density at radius 2 is 1.74 bits per heavy atom. The third-order valence-corrected chi connectivity index (χ3v) is 8.34. The van der Waals surface area contributed by atoms with Gasteiger partial charge in [0.1, 0.15) is 0 Å². The number of aromatic nitrogens is 2. The number of nitrogens with one attached hydrogen (secondary N) is 2. The maximum absolute atomic E-state index is 13.6. The molecule has 2 atom stereocenters. The van der Waals surface area contributed by atoms with Crippen molar-refractivity contribution in [3.8, 4) is 0 Å². The highest BCUT2D eigenvalue weighted by atomic mass is 16.2. The van der Waals surface area contributed by atoms with E-state index in [1.54, 1.807) is 24.3 Å². The molecule has 4 aromatic rings. The fourth-order valence-electron chi connectivity index (χ4n) is 6.57. The number of urea groups is 1. The number of hydrogen-bond donors (Lipinski definition) is 2. The number of nitrogens with zero attached hydrogens (tertiary/aromatic N) is 3. The van der Waals surface area contributed by atoms with Crippen LogP contribution in [0.15, 0.2) is 71.5 Å². The second-order valence-corrected chi connectivity index (χ2v) is 10.7. The molecule has 192 valence electrons. The van der Waals surface area contributed by atoms with E-state index in [1.165, 1.54) is 10.9 Å². The lowest BCUT2D eigenvalue weighted by Gasteiger charge is -2.42. The molecule has 1 saturated heterocycles. The predicted molar refractivity (Wildman–Crippen MR) is 145 cm³/mol. The molecule has 3 aliphatic heterocycles. The molecule has 0 spiro atoms. The quantitative estimate of drug-likeness (QED) is 0.427. The van der Waals surface area contributed by atoms with E-state index < -0.39 is 0 Å². The van der Waals surface area contributed by atoms with Crippen molar-refractivity contribution in [2.24, 2.45) is 5.92 Å². The standard InChI is InChI=1S/C30H29N5O3/c36-28-11-5-10-27-20-14-19(16-35(27)28)15-34(17-20)30(38)32-25-9-4-2-7-23(25)29(37)33-13-12-22-21-6-1-3-8-24(21)31-26(22)18-33/h1-11,19-20,31H,12-18H2,(H,32,38)/t19-,20?/m1/s1. The number of para-hydroxylation sites is 2. The van der Waals surface area contributed by atoms with Gasteiger partial charge in [0.05, 0.1) is 17.8 Å². The summed E-state index contributed by atoms with van der Waals surface area (Å²) in [5.41, 5.74) is 5.51. The van der Waals surface area contributed by atoms with Gasteiger partial charge in [-0.15, -0.1) is 0 Å². The van der Waals surface area contributed by atoms with Crippen molar-refractivity contribution in [1.82, 2.24) is 19.4 Å². The monoisotopic (exact) mass is 507 g/mol. The van der Waals surface area contributed by atoms with Crippen molar-refractivity contribution >= 4 is 28.5 Å². The number of likely N-dealkylation sites (tertiary alicyclic amines) is 1. The van der Waals surface area contributed by atoms with Crippen LogP contribution in [0, 0.1) is 5.92 Å². The molecule has 2 aromatic heterocycles. The van der Waals surface area contributed by atoms with Crippen LogP contribution < -0.4 is 10.9 Å². The van der Waals surface area contributed by atoms with Gasteiger partial charge in [0, 0.05) is 60.5 Å². The summed E-state index contributed by atoms with van der Waals surface area (Å²) in [6.07, 6.45) is 1.77. The molecule has 1 fully saturated rings. The molecule has 3 aliphatic rings. The largest absolute Gasteiger partial charge is 0.357 e. The number of amides is 3. The number of aromatic amines is 1. The van der Waals surface area contributed by atoms with E-state index in [0.29, 0.717) is 44.0 Å². The van der Waals surface area contributed by atoms with Gasteiger partial charge in [0.2, 0.25) is 0 Å². The molecule has 0 aliphatic carbocycles. The van der Waals surface area contributed by atoms with E-state index in [1.807, 2.05) is 44.7 Å². The Balaban J connectivity index is 1.09. The van der Waals surface area contributed by atoms with Crippen molar-refractivity contribution < 1.29 is 9.59 Å². The normalized spacial score (nSPS) is 20.1. The van der Waals surface area contributed by atoms with Crippen LogP contribution in [0.25, 0.3) is 10.9 Å². The van der Waals surface area contributed by atoms with Gasteiger partial charge in [-0.1, -0.05) is 36.4 Å². The number of H-pyrrole nitrogens is 1. The number of hydrogen-bond acceptors (Lipinski definition) is 3. The smallest absolute Gasteiger partial charge is 0.321 e. The third kappa shape index (κ3) is 3.79. The predicted octanol–water partition coefficient (Wildman–Crippen LogP) is 4.18. The maximum atomic E-state index is 13.6. The van der Waals surface area contributed by atoms with Gasteiger partial charge in [-0.05, 0) is 48.6 Å². The first kappa shape index (κ1) is 22.8. The molecule has 1 unspecified atom stereocenters. The van der Waals surface area contributed by atoms with Crippen LogP contribution in [0.4, 0.5) is 10.5 Å². The van der Waals surface area contributed by atoms with E-state index >= 15 is 0 Å². The Morgan fingerprint density at radius 3 is 2.66 bits per heavy atom. The zero-order chi connectivity index (χ0) is 25.8. The first-order valence-corrected chi connectivity index (χ1v) is 13.3. The van der Waals surface area contributed by atoms with Gasteiger partial charge in [-0.3, -0.25) is 9.59 Å². The summed E-state index contributed by atoms with van der Waals surface area (Å²) < 4.78 is 1.86. The summed E-state index contributed by atoms with van der Waals surface area (Å²) in [7, 11) is 0. The Bertz CT molecular complexity index is 1640. The van der Waals surface area contributed by atoms with Gasteiger partial charge >= 0.3 is 6.03 Å². The Hall–Kier alpha value is -4.33. The molecule has 2 aromatic carbocycles. The minimum Gasteiger partial charge on any atom is -0.357 e. The number of rotatable bonds is 2. The highest BCUT2D eigenvalue weighted by Crippen LogP contribution is 2.35. The van der Waals surface area contributed by atoms with Crippen molar-refractivity contribution in [3.63, 3.8) is 0 Å². The van der Waals surface area contributed by atoms with Crippen LogP contribution in [0.3, 0.4) is 0 Å². The number of pyridine rings is 1. The zero-order valence-corrected chi connectivity index (χ0v) is 21.0. The zero-order valence-electron chi connectivity index (χ0n) is 21.0. The van der Waals surface area contributed by atoms with Crippen molar-refractivity contribution in [3.05, 3.63) is 99.6 Å². The first-order valence-electron chi connectivity index (χ1n) is 13.3. The second kappa shape index (κ2) is 8.90. The molecule has 3 amide bonds. The van der Waals surface area contributed by atoms with Crippen LogP contribution in [0.1, 0.15) is 39.6 Å². The van der Waals surface area contributed by atoms with Gasteiger partial charge in [0.25, 0.3) is 11.5 Å². The lowest BCUT2D eigenvalue weighted by atomic mass is 9.83. The minimum atomic E-state index is -0.205. The molecular formula is C30H29N5O3. The summed E-state index contributed by atoms with van der Waals surface area (Å²) >= 11 is 0. The fraction of sp³-hybridized carbons (Fsp3) is 0.300. The van der Waals surface area contributed by atoms with Gasteiger partial charge in [0.15, 0.2) is 0 Å². The van der Waals surface area contributed by atoms with E-state index in [-0.39, 0.29) is 29.3 Å². The first-order chi connectivity index (χ1) is 18.5. The average Bonchev–Trinajstić information content (AvgIpc) is 3.31. The fourth-order valence-corrected chi connectivity index (χ4v) is 6.57. The van der Waals surface area contributed by atoms with Crippen LogP contribution in [0.5, 0.6) is 0 Å². The summed E-state index contributed by atoms with van der Waals surface area (Å²) in [5, 5.41) is 4.25. The molecule has 2 N–H and O–H groups in total. The summed E-state index contributed by atoms with van der Waals surface area (Å²) in [4.78, 5) is 46.5. The molecular weight excluding hydrogens is 478 g/mol. The third-order valence-electron chi connectivity index (χ3n) is 8.34. The maximum Gasteiger partial charge on any atom is 0.321 e. The van der Waals surface area contributed by atoms with Gasteiger partial charge < -0.3 is 24.7 Å². The molecule has 2 bridgehead atoms. The van der Waals surface area contributed by atoms with E-state index in [2.05, 4.69) is 22.4 Å². The SMILES string of the molecule is O=C(Nc1ccccc1C(=O)N1CCc2c([nH]c3ccccc23)C1)N1CC2C[C@H](C1)Cn1c2cccc1=O. The van der Waals surface area contributed by atoms with E-state index in [4.69, 9.17) is 0 Å². The molecule has 8 heteroatoms. The molecule has 0 radical (unpaired) electrons. The Morgan fingerprint density at radius 1 is 0.895 bits per heavy atom.